The molecule has 2 aromatic heterocycles. The Morgan fingerprint density at radius 3 is 2.90 bits per heavy atom. The van der Waals surface area contributed by atoms with Gasteiger partial charge in [-0.05, 0) is 24.3 Å². The fraction of sp³-hybridized carbons (Fsp3) is 0.214. The van der Waals surface area contributed by atoms with Crippen LogP contribution in [-0.4, -0.2) is 26.3 Å². The van der Waals surface area contributed by atoms with Gasteiger partial charge in [-0.2, -0.15) is 0 Å². The van der Waals surface area contributed by atoms with Gasteiger partial charge in [-0.25, -0.2) is 9.37 Å². The summed E-state index contributed by atoms with van der Waals surface area (Å²) in [6.07, 6.45) is 3.96. The highest BCUT2D eigenvalue weighted by Crippen LogP contribution is 2.20. The van der Waals surface area contributed by atoms with Gasteiger partial charge >= 0.3 is 0 Å². The fourth-order valence-electron chi connectivity index (χ4n) is 1.90. The van der Waals surface area contributed by atoms with Crippen molar-refractivity contribution in [3.8, 4) is 0 Å². The molecule has 0 spiro atoms. The maximum Gasteiger partial charge on any atom is 0.193 e. The molecule has 1 aromatic carbocycles. The van der Waals surface area contributed by atoms with Crippen LogP contribution in [0.25, 0.3) is 4.96 Å². The number of benzene rings is 1. The molecule has 0 aliphatic heterocycles. The first kappa shape index (κ1) is 13.6. The van der Waals surface area contributed by atoms with Crippen LogP contribution in [0.5, 0.6) is 0 Å². The Labute approximate surface area is 124 Å². The Morgan fingerprint density at radius 2 is 2.15 bits per heavy atom. The summed E-state index contributed by atoms with van der Waals surface area (Å²) in [5.74, 6) is 0.324. The Hall–Kier alpha value is -1.37. The van der Waals surface area contributed by atoms with Gasteiger partial charge in [0.15, 0.2) is 4.96 Å². The van der Waals surface area contributed by atoms with Crippen molar-refractivity contribution in [1.29, 1.82) is 0 Å². The summed E-state index contributed by atoms with van der Waals surface area (Å²) in [4.78, 5) is 6.34. The van der Waals surface area contributed by atoms with E-state index in [9.17, 15) is 9.50 Å². The standard InChI is InChI=1S/C14H13FN2OS2/c15-10-1-3-13(4-2-10)20-9-12(18)7-11-8-17-5-6-19-14(17)16-11/h1-6,8,12,18H,7,9H2. The highest BCUT2D eigenvalue weighted by Gasteiger charge is 2.10. The summed E-state index contributed by atoms with van der Waals surface area (Å²) in [5, 5.41) is 12.0. The Kier molecular flexibility index (Phi) is 4.05. The minimum atomic E-state index is -0.463. The minimum Gasteiger partial charge on any atom is -0.392 e. The zero-order chi connectivity index (χ0) is 13.9. The first-order valence-corrected chi connectivity index (χ1v) is 8.05. The van der Waals surface area contributed by atoms with Crippen molar-refractivity contribution >= 4 is 28.1 Å². The number of nitrogens with zero attached hydrogens (tertiary/aromatic N) is 2. The zero-order valence-electron chi connectivity index (χ0n) is 10.6. The first-order chi connectivity index (χ1) is 9.70. The van der Waals surface area contributed by atoms with E-state index in [0.717, 1.165) is 15.6 Å². The topological polar surface area (TPSA) is 37.5 Å². The van der Waals surface area contributed by atoms with E-state index in [1.165, 1.54) is 23.9 Å². The maximum atomic E-state index is 12.8. The smallest absolute Gasteiger partial charge is 0.193 e. The van der Waals surface area contributed by atoms with Crippen molar-refractivity contribution in [2.75, 3.05) is 5.75 Å². The first-order valence-electron chi connectivity index (χ1n) is 6.18. The molecular formula is C14H13FN2OS2. The number of aliphatic hydroxyl groups is 1. The monoisotopic (exact) mass is 308 g/mol. The lowest BCUT2D eigenvalue weighted by Crippen LogP contribution is -2.13. The predicted molar refractivity (Wildman–Crippen MR) is 79.9 cm³/mol. The lowest BCUT2D eigenvalue weighted by atomic mass is 10.2. The third-order valence-corrected chi connectivity index (χ3v) is 4.77. The Bertz CT molecular complexity index is 664. The average molecular weight is 308 g/mol. The van der Waals surface area contributed by atoms with Crippen molar-refractivity contribution in [2.45, 2.75) is 17.4 Å². The van der Waals surface area contributed by atoms with Crippen LogP contribution >= 0.6 is 23.1 Å². The summed E-state index contributed by atoms with van der Waals surface area (Å²) in [7, 11) is 0. The summed E-state index contributed by atoms with van der Waals surface area (Å²) in [6.45, 7) is 0. The molecule has 1 unspecified atom stereocenters. The molecule has 0 bridgehead atoms. The second kappa shape index (κ2) is 5.95. The predicted octanol–water partition coefficient (Wildman–Crippen LogP) is 3.23. The van der Waals surface area contributed by atoms with E-state index in [-0.39, 0.29) is 5.82 Å². The maximum absolute atomic E-state index is 12.8. The van der Waals surface area contributed by atoms with Gasteiger partial charge in [0.1, 0.15) is 5.82 Å². The Balaban J connectivity index is 1.55. The van der Waals surface area contributed by atoms with Gasteiger partial charge in [-0.15, -0.1) is 23.1 Å². The summed E-state index contributed by atoms with van der Waals surface area (Å²) in [5.41, 5.74) is 0.893. The molecule has 2 heterocycles. The second-order valence-corrected chi connectivity index (χ2v) is 6.41. The van der Waals surface area contributed by atoms with Gasteiger partial charge in [-0.1, -0.05) is 0 Å². The summed E-state index contributed by atoms with van der Waals surface area (Å²) >= 11 is 3.09. The molecule has 0 saturated carbocycles. The van der Waals surface area contributed by atoms with Crippen LogP contribution in [-0.2, 0) is 6.42 Å². The van der Waals surface area contributed by atoms with Gasteiger partial charge in [-0.3, -0.25) is 4.40 Å². The molecular weight excluding hydrogens is 295 g/mol. The van der Waals surface area contributed by atoms with Crippen LogP contribution in [0.3, 0.4) is 0 Å². The number of halogens is 1. The molecule has 3 nitrogen and oxygen atoms in total. The minimum absolute atomic E-state index is 0.243. The Morgan fingerprint density at radius 1 is 1.35 bits per heavy atom. The van der Waals surface area contributed by atoms with E-state index < -0.39 is 6.10 Å². The fourth-order valence-corrected chi connectivity index (χ4v) is 3.45. The number of aromatic nitrogens is 2. The molecule has 0 fully saturated rings. The third kappa shape index (κ3) is 3.20. The third-order valence-electron chi connectivity index (χ3n) is 2.84. The number of hydrogen-bond acceptors (Lipinski definition) is 4. The number of imidazole rings is 1. The molecule has 3 rings (SSSR count). The van der Waals surface area contributed by atoms with E-state index in [4.69, 9.17) is 0 Å². The highest BCUT2D eigenvalue weighted by atomic mass is 32.2. The van der Waals surface area contributed by atoms with Crippen LogP contribution < -0.4 is 0 Å². The number of rotatable bonds is 5. The molecule has 6 heteroatoms. The van der Waals surface area contributed by atoms with Crippen LogP contribution in [0, 0.1) is 5.82 Å². The molecule has 0 aliphatic carbocycles. The molecule has 20 heavy (non-hydrogen) atoms. The lowest BCUT2D eigenvalue weighted by Gasteiger charge is -2.08. The molecule has 0 amide bonds. The summed E-state index contributed by atoms with van der Waals surface area (Å²) in [6, 6.07) is 6.30. The van der Waals surface area contributed by atoms with E-state index in [1.807, 2.05) is 22.2 Å². The van der Waals surface area contributed by atoms with Gasteiger partial charge in [0.05, 0.1) is 11.8 Å². The van der Waals surface area contributed by atoms with Crippen molar-refractivity contribution in [1.82, 2.24) is 9.38 Å². The highest BCUT2D eigenvalue weighted by molar-refractivity contribution is 7.99. The van der Waals surface area contributed by atoms with Crippen LogP contribution in [0.1, 0.15) is 5.69 Å². The number of aliphatic hydroxyl groups excluding tert-OH is 1. The molecule has 1 atom stereocenters. The van der Waals surface area contributed by atoms with E-state index in [1.54, 1.807) is 23.5 Å². The molecule has 0 saturated heterocycles. The average Bonchev–Trinajstić information content (AvgIpc) is 2.99. The number of hydrogen-bond donors (Lipinski definition) is 1. The second-order valence-electron chi connectivity index (χ2n) is 4.45. The van der Waals surface area contributed by atoms with Crippen molar-refractivity contribution in [2.24, 2.45) is 0 Å². The van der Waals surface area contributed by atoms with E-state index in [0.29, 0.717) is 12.2 Å². The van der Waals surface area contributed by atoms with Gasteiger partial charge in [0.2, 0.25) is 0 Å². The van der Waals surface area contributed by atoms with Gasteiger partial charge in [0, 0.05) is 34.8 Å². The van der Waals surface area contributed by atoms with Gasteiger partial charge < -0.3 is 5.11 Å². The van der Waals surface area contributed by atoms with Crippen molar-refractivity contribution in [3.05, 3.63) is 53.6 Å². The molecule has 3 aromatic rings. The quantitative estimate of drug-likeness (QED) is 0.735. The normalized spacial score (nSPS) is 12.9. The zero-order valence-corrected chi connectivity index (χ0v) is 12.2. The van der Waals surface area contributed by atoms with Crippen LogP contribution in [0.2, 0.25) is 0 Å². The van der Waals surface area contributed by atoms with Crippen LogP contribution in [0.4, 0.5) is 4.39 Å². The van der Waals surface area contributed by atoms with Crippen LogP contribution in [0.15, 0.2) is 46.9 Å². The molecule has 1 N–H and O–H groups in total. The lowest BCUT2D eigenvalue weighted by molar-refractivity contribution is 0.199. The van der Waals surface area contributed by atoms with Crippen molar-refractivity contribution in [3.63, 3.8) is 0 Å². The number of thiazole rings is 1. The molecule has 0 radical (unpaired) electrons. The molecule has 104 valence electrons. The number of fused-ring (bicyclic) bond motifs is 1. The largest absolute Gasteiger partial charge is 0.392 e. The van der Waals surface area contributed by atoms with Crippen molar-refractivity contribution < 1.29 is 9.50 Å². The van der Waals surface area contributed by atoms with E-state index in [2.05, 4.69) is 4.98 Å². The molecule has 0 aliphatic rings. The van der Waals surface area contributed by atoms with Gasteiger partial charge in [0.25, 0.3) is 0 Å². The van der Waals surface area contributed by atoms with E-state index >= 15 is 0 Å². The summed E-state index contributed by atoms with van der Waals surface area (Å²) < 4.78 is 14.7. The SMILES string of the molecule is OC(CSc1ccc(F)cc1)Cc1cn2ccsc2n1. The number of thioether (sulfide) groups is 1.